The van der Waals surface area contributed by atoms with E-state index >= 15 is 0 Å². The van der Waals surface area contributed by atoms with Gasteiger partial charge in [0, 0.05) is 11.5 Å². The van der Waals surface area contributed by atoms with E-state index in [1.165, 1.54) is 32.1 Å². The van der Waals surface area contributed by atoms with Crippen LogP contribution in [0, 0.1) is 11.8 Å². The minimum absolute atomic E-state index is 0.112. The summed E-state index contributed by atoms with van der Waals surface area (Å²) in [6.45, 7) is 2.93. The first-order valence-electron chi connectivity index (χ1n) is 8.71. The molecule has 0 aromatic heterocycles. The largest absolute Gasteiger partial charge is 0.351 e. The molecule has 2 saturated heterocycles. The highest BCUT2D eigenvalue weighted by molar-refractivity contribution is 5.83. The third-order valence-electron chi connectivity index (χ3n) is 6.02. The molecule has 2 heterocycles. The number of hydrogen-bond donors (Lipinski definition) is 0. The van der Waals surface area contributed by atoms with Crippen molar-refractivity contribution in [1.29, 1.82) is 0 Å². The third kappa shape index (κ3) is 2.02. The maximum Gasteiger partial charge on any atom is 0.228 e. The van der Waals surface area contributed by atoms with E-state index in [2.05, 4.69) is 24.0 Å². The Morgan fingerprint density at radius 2 is 1.82 bits per heavy atom. The summed E-state index contributed by atoms with van der Waals surface area (Å²) in [5.74, 6) is 1.02. The highest BCUT2D eigenvalue weighted by Gasteiger charge is 2.61. The number of benzene rings is 1. The fourth-order valence-corrected chi connectivity index (χ4v) is 4.88. The molecular weight excluding hydrogens is 274 g/mol. The number of nitrogens with zero attached hydrogens (tertiary/aromatic N) is 1. The predicted octanol–water partition coefficient (Wildman–Crippen LogP) is 3.90. The molecule has 1 aromatic rings. The van der Waals surface area contributed by atoms with Crippen molar-refractivity contribution in [2.24, 2.45) is 11.8 Å². The molecule has 3 fully saturated rings. The minimum Gasteiger partial charge on any atom is -0.351 e. The van der Waals surface area contributed by atoms with Crippen LogP contribution in [-0.2, 0) is 9.53 Å². The second-order valence-electron chi connectivity index (χ2n) is 7.34. The van der Waals surface area contributed by atoms with E-state index in [0.717, 1.165) is 12.0 Å². The van der Waals surface area contributed by atoms with E-state index in [1.54, 1.807) is 0 Å². The molecule has 0 spiro atoms. The van der Waals surface area contributed by atoms with Gasteiger partial charge in [0.25, 0.3) is 0 Å². The lowest BCUT2D eigenvalue weighted by Gasteiger charge is -2.34. The lowest BCUT2D eigenvalue weighted by molar-refractivity contribution is -0.138. The molecule has 4 rings (SSSR count). The molecule has 22 heavy (non-hydrogen) atoms. The van der Waals surface area contributed by atoms with E-state index in [4.69, 9.17) is 4.74 Å². The van der Waals surface area contributed by atoms with Crippen LogP contribution in [0.3, 0.4) is 0 Å². The van der Waals surface area contributed by atoms with E-state index in [0.29, 0.717) is 18.4 Å². The lowest BCUT2D eigenvalue weighted by atomic mass is 9.75. The Morgan fingerprint density at radius 3 is 2.59 bits per heavy atom. The molecule has 0 N–H and O–H groups in total. The van der Waals surface area contributed by atoms with Gasteiger partial charge >= 0.3 is 0 Å². The summed E-state index contributed by atoms with van der Waals surface area (Å²) >= 11 is 0. The second kappa shape index (κ2) is 5.38. The molecule has 1 aromatic carbocycles. The van der Waals surface area contributed by atoms with E-state index < -0.39 is 0 Å². The molecule has 4 atom stereocenters. The van der Waals surface area contributed by atoms with Gasteiger partial charge in [-0.1, -0.05) is 56.0 Å². The number of hydrogen-bond acceptors (Lipinski definition) is 2. The standard InChI is InChI=1S/C19H25NO2/c1-19-13-22-18(14-9-5-4-6-10-14)20(19)17(21)15-11-7-2-3-8-12-16(15)19/h4-6,9-10,15-16,18H,2-3,7-8,11-13H2,1H3/t15?,16?,18?,19-/m0/s1. The zero-order valence-corrected chi connectivity index (χ0v) is 13.3. The number of ether oxygens (including phenoxy) is 1. The summed E-state index contributed by atoms with van der Waals surface area (Å²) in [5.41, 5.74) is 0.994. The van der Waals surface area contributed by atoms with Crippen molar-refractivity contribution in [3.63, 3.8) is 0 Å². The van der Waals surface area contributed by atoms with Crippen LogP contribution < -0.4 is 0 Å². The Morgan fingerprint density at radius 1 is 1.09 bits per heavy atom. The summed E-state index contributed by atoms with van der Waals surface area (Å²) in [6, 6.07) is 10.2. The molecule has 3 unspecified atom stereocenters. The van der Waals surface area contributed by atoms with Gasteiger partial charge < -0.3 is 9.64 Å². The van der Waals surface area contributed by atoms with Crippen molar-refractivity contribution < 1.29 is 9.53 Å². The zero-order chi connectivity index (χ0) is 15.2. The molecule has 1 amide bonds. The fourth-order valence-electron chi connectivity index (χ4n) is 4.88. The van der Waals surface area contributed by atoms with E-state index in [-0.39, 0.29) is 17.7 Å². The van der Waals surface area contributed by atoms with Crippen molar-refractivity contribution >= 4 is 5.91 Å². The molecule has 1 saturated carbocycles. The van der Waals surface area contributed by atoms with E-state index in [9.17, 15) is 4.79 Å². The average molecular weight is 299 g/mol. The Balaban J connectivity index is 1.69. The van der Waals surface area contributed by atoms with Crippen molar-refractivity contribution in [3.05, 3.63) is 35.9 Å². The number of carbonyl (C=O) groups is 1. The van der Waals surface area contributed by atoms with Crippen LogP contribution in [0.25, 0.3) is 0 Å². The molecule has 1 aliphatic carbocycles. The van der Waals surface area contributed by atoms with Gasteiger partial charge in [-0.15, -0.1) is 0 Å². The van der Waals surface area contributed by atoms with Crippen LogP contribution >= 0.6 is 0 Å². The number of carbonyl (C=O) groups excluding carboxylic acids is 1. The van der Waals surface area contributed by atoms with Gasteiger partial charge in [0.05, 0.1) is 12.1 Å². The Hall–Kier alpha value is -1.35. The SMILES string of the molecule is C[C@@]12COC(c3ccccc3)N1C(=O)C1CCCCCCC12. The Kier molecular flexibility index (Phi) is 3.48. The van der Waals surface area contributed by atoms with E-state index in [1.807, 2.05) is 18.2 Å². The zero-order valence-electron chi connectivity index (χ0n) is 13.3. The van der Waals surface area contributed by atoms with Gasteiger partial charge in [0.15, 0.2) is 6.23 Å². The van der Waals surface area contributed by atoms with Crippen LogP contribution in [0.5, 0.6) is 0 Å². The van der Waals surface area contributed by atoms with Crippen LogP contribution in [0.1, 0.15) is 57.2 Å². The number of rotatable bonds is 1. The highest BCUT2D eigenvalue weighted by atomic mass is 16.5. The van der Waals surface area contributed by atoms with Gasteiger partial charge in [0.2, 0.25) is 5.91 Å². The van der Waals surface area contributed by atoms with Crippen molar-refractivity contribution in [1.82, 2.24) is 4.90 Å². The summed E-state index contributed by atoms with van der Waals surface area (Å²) in [6.07, 6.45) is 7.11. The van der Waals surface area contributed by atoms with Crippen molar-refractivity contribution in [2.45, 2.75) is 57.2 Å². The number of amides is 1. The molecule has 2 aliphatic heterocycles. The molecule has 3 aliphatic rings. The molecule has 3 nitrogen and oxygen atoms in total. The van der Waals surface area contributed by atoms with Gasteiger partial charge in [-0.3, -0.25) is 4.79 Å². The normalized spacial score (nSPS) is 38.3. The molecule has 118 valence electrons. The average Bonchev–Trinajstić information content (AvgIpc) is 2.94. The van der Waals surface area contributed by atoms with Crippen molar-refractivity contribution in [3.8, 4) is 0 Å². The van der Waals surface area contributed by atoms with Gasteiger partial charge in [-0.2, -0.15) is 0 Å². The first kappa shape index (κ1) is 14.3. The quantitative estimate of drug-likeness (QED) is 0.787. The summed E-state index contributed by atoms with van der Waals surface area (Å²) in [4.78, 5) is 15.2. The smallest absolute Gasteiger partial charge is 0.228 e. The number of fused-ring (bicyclic) bond motifs is 3. The molecule has 3 heteroatoms. The minimum atomic E-state index is -0.188. The van der Waals surface area contributed by atoms with Gasteiger partial charge in [-0.25, -0.2) is 0 Å². The highest BCUT2D eigenvalue weighted by Crippen LogP contribution is 2.53. The monoisotopic (exact) mass is 299 g/mol. The summed E-state index contributed by atoms with van der Waals surface area (Å²) < 4.78 is 6.11. The predicted molar refractivity (Wildman–Crippen MR) is 85.1 cm³/mol. The Bertz CT molecular complexity index is 558. The second-order valence-corrected chi connectivity index (χ2v) is 7.34. The maximum absolute atomic E-state index is 13.1. The molecule has 0 bridgehead atoms. The van der Waals surface area contributed by atoms with Crippen LogP contribution in [0.15, 0.2) is 30.3 Å². The summed E-state index contributed by atoms with van der Waals surface area (Å²) in [5, 5.41) is 0. The van der Waals surface area contributed by atoms with Gasteiger partial charge in [0.1, 0.15) is 0 Å². The summed E-state index contributed by atoms with van der Waals surface area (Å²) in [7, 11) is 0. The maximum atomic E-state index is 13.1. The fraction of sp³-hybridized carbons (Fsp3) is 0.632. The van der Waals surface area contributed by atoms with Crippen molar-refractivity contribution in [2.75, 3.05) is 6.61 Å². The van der Waals surface area contributed by atoms with Gasteiger partial charge in [-0.05, 0) is 25.7 Å². The first-order chi connectivity index (χ1) is 10.7. The first-order valence-corrected chi connectivity index (χ1v) is 8.71. The topological polar surface area (TPSA) is 29.5 Å². The van der Waals surface area contributed by atoms with Crippen LogP contribution in [0.2, 0.25) is 0 Å². The molecular formula is C19H25NO2. The third-order valence-corrected chi connectivity index (χ3v) is 6.02. The Labute approximate surface area is 132 Å². The lowest BCUT2D eigenvalue weighted by Crippen LogP contribution is -2.44. The van der Waals surface area contributed by atoms with Crippen LogP contribution in [-0.4, -0.2) is 23.0 Å². The molecule has 0 radical (unpaired) electrons. The van der Waals surface area contributed by atoms with Crippen LogP contribution in [0.4, 0.5) is 0 Å².